The summed E-state index contributed by atoms with van der Waals surface area (Å²) in [6.45, 7) is 0. The van der Waals surface area contributed by atoms with Crippen LogP contribution in [0.4, 0.5) is 46.8 Å². The number of halogens is 8. The van der Waals surface area contributed by atoms with Gasteiger partial charge < -0.3 is 0 Å². The molecule has 0 unspecified atom stereocenters. The van der Waals surface area contributed by atoms with E-state index in [1.165, 1.54) is 4.75 Å². The molecule has 6 aromatic rings. The van der Waals surface area contributed by atoms with Crippen LogP contribution >= 0.6 is 0 Å². The minimum absolute atomic E-state index is 0.0343. The maximum atomic E-state index is 15.5. The molecule has 4 aromatic carbocycles. The Hall–Kier alpha value is -5.40. The molecule has 0 fully saturated rings. The predicted molar refractivity (Wildman–Crippen MR) is 161 cm³/mol. The van der Waals surface area contributed by atoms with Gasteiger partial charge in [0.25, 0.3) is 0 Å². The number of aliphatic imine (C=N–C) groups is 4. The summed E-state index contributed by atoms with van der Waals surface area (Å²) in [5.41, 5.74) is -1.73. The molecule has 4 aliphatic heterocycles. The molecule has 0 N–H and O–H groups in total. The number of amidine groups is 4. The van der Waals surface area contributed by atoms with Crippen molar-refractivity contribution < 1.29 is 35.1 Å². The van der Waals surface area contributed by atoms with E-state index in [-0.39, 0.29) is 89.8 Å². The standard InChI is InChI=1S/C32H8F8N8.Pb/c33-13-1-2-14(34)22-21(13)29-43-25-9-5-17(37)18(38)6-10(9)27(41-25)45-31-23-15(35)3-4-16(36)24(23)32(48-31)46-28-12-8-20(40)19(39)7-11(12)26(42-28)44-30(22)47-29;/h1-8H;/q-2;+2. The first-order valence-electron chi connectivity index (χ1n) is 14.2. The average molecular weight is 864 g/mol. The van der Waals surface area contributed by atoms with Crippen molar-refractivity contribution in [3.05, 3.63) is 128 Å². The first kappa shape index (κ1) is 28.6. The van der Waals surface area contributed by atoms with Crippen molar-refractivity contribution in [2.45, 2.75) is 0 Å². The zero-order valence-electron chi connectivity index (χ0n) is 23.7. The third-order valence-corrected chi connectivity index (χ3v) is 13.4. The van der Waals surface area contributed by atoms with E-state index in [1.54, 1.807) is 0 Å². The molecule has 236 valence electrons. The Morgan fingerprint density at radius 1 is 0.367 bits per heavy atom. The van der Waals surface area contributed by atoms with Gasteiger partial charge in [0.2, 0.25) is 0 Å². The molecule has 0 aliphatic carbocycles. The molecule has 0 amide bonds. The van der Waals surface area contributed by atoms with Crippen molar-refractivity contribution in [2.24, 2.45) is 30.0 Å². The van der Waals surface area contributed by atoms with Gasteiger partial charge in [0.15, 0.2) is 0 Å². The van der Waals surface area contributed by atoms with Crippen molar-refractivity contribution in [3.8, 4) is 0 Å². The fourth-order valence-electron chi connectivity index (χ4n) is 6.37. The molecule has 17 heteroatoms. The summed E-state index contributed by atoms with van der Waals surface area (Å²) in [6.07, 6.45) is 0. The van der Waals surface area contributed by atoms with Gasteiger partial charge in [0, 0.05) is 0 Å². The predicted octanol–water partition coefficient (Wildman–Crippen LogP) is 5.58. The number of rotatable bonds is 0. The normalized spacial score (nSPS) is 15.3. The number of hydrogen-bond donors (Lipinski definition) is 0. The summed E-state index contributed by atoms with van der Waals surface area (Å²) in [5, 5.41) is -0.137. The fourth-order valence-corrected chi connectivity index (χ4v) is 11.3. The van der Waals surface area contributed by atoms with E-state index in [9.17, 15) is 17.6 Å². The van der Waals surface area contributed by atoms with E-state index in [0.29, 0.717) is 0 Å². The third-order valence-electron chi connectivity index (χ3n) is 8.50. The Morgan fingerprint density at radius 3 is 1.06 bits per heavy atom. The Kier molecular flexibility index (Phi) is 5.61. The van der Waals surface area contributed by atoms with Gasteiger partial charge in [-0.1, -0.05) is 0 Å². The van der Waals surface area contributed by atoms with E-state index in [4.69, 9.17) is 0 Å². The summed E-state index contributed by atoms with van der Waals surface area (Å²) < 4.78 is 124. The number of hydrogen-bond acceptors (Lipinski definition) is 6. The van der Waals surface area contributed by atoms with Crippen molar-refractivity contribution >= 4 is 81.4 Å². The molecule has 8 nitrogen and oxygen atoms in total. The molecule has 4 aliphatic rings. The van der Waals surface area contributed by atoms with Gasteiger partial charge in [-0.05, 0) is 0 Å². The molecule has 0 saturated carbocycles. The Labute approximate surface area is 278 Å². The van der Waals surface area contributed by atoms with E-state index in [0.717, 1.165) is 48.5 Å². The molecule has 10 rings (SSSR count). The Morgan fingerprint density at radius 2 is 0.694 bits per heavy atom. The first-order valence-corrected chi connectivity index (χ1v) is 17.6. The maximum absolute atomic E-state index is 15.5. The molecule has 6 bridgehead atoms. The minimum atomic E-state index is -3.04. The van der Waals surface area contributed by atoms with Crippen LogP contribution < -0.4 is 11.0 Å². The Balaban J connectivity index is 1.50. The average Bonchev–Trinajstić information content (AvgIpc) is 3.76. The topological polar surface area (TPSA) is 84.0 Å². The van der Waals surface area contributed by atoms with Crippen LogP contribution in [0, 0.1) is 46.5 Å². The number of benzene rings is 4. The second kappa shape index (κ2) is 9.61. The molecule has 0 saturated heterocycles. The van der Waals surface area contributed by atoms with Gasteiger partial charge in [-0.3, -0.25) is 0 Å². The van der Waals surface area contributed by atoms with E-state index >= 15 is 17.6 Å². The second-order valence-corrected chi connectivity index (χ2v) is 15.5. The fraction of sp³-hybridized carbons (Fsp3) is 0. The summed E-state index contributed by atoms with van der Waals surface area (Å²) in [5.74, 6) is -10.4. The van der Waals surface area contributed by atoms with Gasteiger partial charge in [0.05, 0.1) is 0 Å². The zero-order valence-corrected chi connectivity index (χ0v) is 27.6. The van der Waals surface area contributed by atoms with Crippen LogP contribution in [0.3, 0.4) is 0 Å². The molecular weight excluding hydrogens is 856 g/mol. The SMILES string of the molecule is Fc1cc2c3[n]4c(c2cc1F)N=C1N=C(N=c2c5cc(F)c(F)cc5c([n]2[Pb]4)=NC2=NC(=N3)c3c(F)ccc(F)c32)c2c(F)ccc(F)c21. The zero-order chi connectivity index (χ0) is 33.6. The molecular formula is C32H8F8N8Pb. The summed E-state index contributed by atoms with van der Waals surface area (Å²) in [6, 6.07) is 6.80. The molecule has 2 aromatic heterocycles. The van der Waals surface area contributed by atoms with Crippen molar-refractivity contribution in [3.63, 3.8) is 0 Å². The summed E-state index contributed by atoms with van der Waals surface area (Å²) in [4.78, 5) is 26.9. The first-order chi connectivity index (χ1) is 23.6. The Bertz CT molecular complexity index is 2710. The van der Waals surface area contributed by atoms with Crippen LogP contribution in [-0.2, 0) is 0 Å². The summed E-state index contributed by atoms with van der Waals surface area (Å²) in [7, 11) is 0. The second-order valence-electron chi connectivity index (χ2n) is 11.2. The molecule has 6 heterocycles. The molecule has 49 heavy (non-hydrogen) atoms. The number of fused-ring (bicyclic) bond motifs is 14. The van der Waals surface area contributed by atoms with Gasteiger partial charge in [-0.25, -0.2) is 0 Å². The van der Waals surface area contributed by atoms with Gasteiger partial charge in [-0.15, -0.1) is 0 Å². The molecule has 2 radical (unpaired) electrons. The van der Waals surface area contributed by atoms with Crippen molar-refractivity contribution in [2.75, 3.05) is 0 Å². The summed E-state index contributed by atoms with van der Waals surface area (Å²) >= 11 is -3.04. The number of nitrogens with zero attached hydrogens (tertiary/aromatic N) is 8. The van der Waals surface area contributed by atoms with Gasteiger partial charge in [-0.2, -0.15) is 0 Å². The third kappa shape index (κ3) is 3.76. The van der Waals surface area contributed by atoms with Crippen molar-refractivity contribution in [1.29, 1.82) is 0 Å². The van der Waals surface area contributed by atoms with Crippen molar-refractivity contribution in [1.82, 2.24) is 4.75 Å². The number of aromatic nitrogens is 2. The van der Waals surface area contributed by atoms with E-state index in [2.05, 4.69) is 30.0 Å². The van der Waals surface area contributed by atoms with E-state index in [1.807, 2.05) is 0 Å². The van der Waals surface area contributed by atoms with Crippen LogP contribution in [0.15, 0.2) is 78.5 Å². The van der Waals surface area contributed by atoms with Crippen LogP contribution in [0.2, 0.25) is 0 Å². The monoisotopic (exact) mass is 864 g/mol. The molecule has 0 spiro atoms. The molecule has 0 atom stereocenters. The van der Waals surface area contributed by atoms with Crippen LogP contribution in [-0.4, -0.2) is 52.9 Å². The van der Waals surface area contributed by atoms with E-state index < -0.39 is 71.4 Å². The van der Waals surface area contributed by atoms with Gasteiger partial charge in [0.1, 0.15) is 0 Å². The van der Waals surface area contributed by atoms with Gasteiger partial charge >= 0.3 is 279 Å². The van der Waals surface area contributed by atoms with Crippen LogP contribution in [0.1, 0.15) is 22.3 Å². The quantitative estimate of drug-likeness (QED) is 0.141. The van der Waals surface area contributed by atoms with Crippen LogP contribution in [0.5, 0.6) is 0 Å². The van der Waals surface area contributed by atoms with Crippen LogP contribution in [0.25, 0.3) is 21.5 Å².